The molecule has 0 fully saturated rings. The Morgan fingerprint density at radius 2 is 1.95 bits per heavy atom. The smallest absolute Gasteiger partial charge is 0.178 e. The maximum atomic E-state index is 11.6. The van der Waals surface area contributed by atoms with Crippen LogP contribution in [0.25, 0.3) is 0 Å². The normalized spacial score (nSPS) is 11.2. The Kier molecular flexibility index (Phi) is 6.59. The van der Waals surface area contributed by atoms with E-state index in [0.717, 1.165) is 12.1 Å². The molecule has 0 radical (unpaired) electrons. The number of hydrogen-bond donors (Lipinski definition) is 1. The maximum absolute atomic E-state index is 11.6. The molecular weight excluding hydrogens is 262 g/mol. The van der Waals surface area contributed by atoms with Crippen molar-refractivity contribution in [3.05, 3.63) is 36.9 Å². The third kappa shape index (κ3) is 5.44. The Morgan fingerprint density at radius 3 is 2.53 bits per heavy atom. The van der Waals surface area contributed by atoms with Gasteiger partial charge >= 0.3 is 0 Å². The first-order valence-corrected chi connectivity index (χ1v) is 8.00. The molecule has 1 aromatic rings. The minimum Gasteiger partial charge on any atom is -0.383 e. The van der Waals surface area contributed by atoms with Crippen molar-refractivity contribution in [1.29, 1.82) is 0 Å². The molecule has 19 heavy (non-hydrogen) atoms. The van der Waals surface area contributed by atoms with Crippen LogP contribution >= 0.6 is 0 Å². The maximum Gasteiger partial charge on any atom is 0.178 e. The second-order valence-electron chi connectivity index (χ2n) is 4.04. The van der Waals surface area contributed by atoms with E-state index in [2.05, 4.69) is 11.9 Å². The highest BCUT2D eigenvalue weighted by atomic mass is 32.2. The van der Waals surface area contributed by atoms with Crippen LogP contribution in [-0.2, 0) is 14.6 Å². The molecular formula is C14H21NO3S. The van der Waals surface area contributed by atoms with E-state index in [9.17, 15) is 8.42 Å². The molecule has 0 aliphatic rings. The quantitative estimate of drug-likeness (QED) is 0.559. The average molecular weight is 283 g/mol. The second-order valence-corrected chi connectivity index (χ2v) is 6.32. The number of ether oxygens (including phenoxy) is 1. The standard InChI is InChI=1S/C14H21NO3S/c1-3-5-11-18-12-10-15-13-6-8-14(9-7-13)19(16,17)4-2/h3,6-9,15H,1,4-5,10-12H2,2H3. The molecule has 0 heterocycles. The predicted octanol–water partition coefficient (Wildman–Crippen LogP) is 2.48. The molecule has 0 saturated heterocycles. The third-order valence-electron chi connectivity index (χ3n) is 2.64. The first kappa shape index (κ1) is 15.7. The van der Waals surface area contributed by atoms with Gasteiger partial charge in [-0.25, -0.2) is 8.42 Å². The lowest BCUT2D eigenvalue weighted by Gasteiger charge is -2.08. The number of nitrogens with one attached hydrogen (secondary N) is 1. The molecule has 0 atom stereocenters. The van der Waals surface area contributed by atoms with Gasteiger partial charge in [-0.2, -0.15) is 0 Å². The minimum atomic E-state index is -3.11. The second kappa shape index (κ2) is 7.96. The zero-order chi connectivity index (χ0) is 14.1. The molecule has 4 nitrogen and oxygen atoms in total. The highest BCUT2D eigenvalue weighted by Gasteiger charge is 2.10. The molecule has 0 spiro atoms. The van der Waals surface area contributed by atoms with Gasteiger partial charge in [-0.15, -0.1) is 6.58 Å². The van der Waals surface area contributed by atoms with Gasteiger partial charge in [0.25, 0.3) is 0 Å². The van der Waals surface area contributed by atoms with Gasteiger partial charge in [0.1, 0.15) is 0 Å². The van der Waals surface area contributed by atoms with Gasteiger partial charge in [0.15, 0.2) is 9.84 Å². The van der Waals surface area contributed by atoms with E-state index in [1.165, 1.54) is 0 Å². The Bertz CT molecular complexity index is 480. The Hall–Kier alpha value is -1.33. The van der Waals surface area contributed by atoms with Gasteiger partial charge < -0.3 is 10.1 Å². The summed E-state index contributed by atoms with van der Waals surface area (Å²) in [7, 11) is -3.11. The lowest BCUT2D eigenvalue weighted by molar-refractivity contribution is 0.149. The van der Waals surface area contributed by atoms with Crippen LogP contribution in [0, 0.1) is 0 Å². The molecule has 1 rings (SSSR count). The summed E-state index contributed by atoms with van der Waals surface area (Å²) < 4.78 is 28.6. The minimum absolute atomic E-state index is 0.122. The number of benzene rings is 1. The topological polar surface area (TPSA) is 55.4 Å². The van der Waals surface area contributed by atoms with Crippen molar-refractivity contribution in [1.82, 2.24) is 0 Å². The SMILES string of the molecule is C=CCCOCCNc1ccc(S(=O)(=O)CC)cc1. The van der Waals surface area contributed by atoms with Crippen LogP contribution in [-0.4, -0.2) is 33.9 Å². The van der Waals surface area contributed by atoms with Crippen LogP contribution in [0.15, 0.2) is 41.8 Å². The average Bonchev–Trinajstić information content (AvgIpc) is 2.43. The van der Waals surface area contributed by atoms with Crippen LogP contribution in [0.2, 0.25) is 0 Å². The van der Waals surface area contributed by atoms with Gasteiger partial charge in [-0.05, 0) is 30.7 Å². The van der Waals surface area contributed by atoms with Crippen molar-refractivity contribution < 1.29 is 13.2 Å². The molecule has 0 aliphatic heterocycles. The van der Waals surface area contributed by atoms with Gasteiger partial charge in [-0.1, -0.05) is 13.0 Å². The highest BCUT2D eigenvalue weighted by molar-refractivity contribution is 7.91. The van der Waals surface area contributed by atoms with Crippen LogP contribution in [0.4, 0.5) is 5.69 Å². The Balaban J connectivity index is 2.39. The van der Waals surface area contributed by atoms with Crippen molar-refractivity contribution in [2.45, 2.75) is 18.2 Å². The summed E-state index contributed by atoms with van der Waals surface area (Å²) in [4.78, 5) is 0.364. The zero-order valence-corrected chi connectivity index (χ0v) is 12.1. The largest absolute Gasteiger partial charge is 0.383 e. The van der Waals surface area contributed by atoms with Gasteiger partial charge in [0.05, 0.1) is 23.9 Å². The summed E-state index contributed by atoms with van der Waals surface area (Å²) in [5, 5.41) is 3.17. The van der Waals surface area contributed by atoms with Gasteiger partial charge in [-0.3, -0.25) is 0 Å². The van der Waals surface area contributed by atoms with E-state index in [4.69, 9.17) is 4.74 Å². The van der Waals surface area contributed by atoms with Crippen molar-refractivity contribution in [3.63, 3.8) is 0 Å². The highest BCUT2D eigenvalue weighted by Crippen LogP contribution is 2.14. The molecule has 0 saturated carbocycles. The van der Waals surface area contributed by atoms with Crippen molar-refractivity contribution in [2.24, 2.45) is 0 Å². The van der Waals surface area contributed by atoms with E-state index in [1.807, 2.05) is 6.08 Å². The van der Waals surface area contributed by atoms with Gasteiger partial charge in [0.2, 0.25) is 0 Å². The zero-order valence-electron chi connectivity index (χ0n) is 11.3. The van der Waals surface area contributed by atoms with E-state index < -0.39 is 9.84 Å². The molecule has 5 heteroatoms. The molecule has 0 bridgehead atoms. The van der Waals surface area contributed by atoms with Gasteiger partial charge in [0, 0.05) is 12.2 Å². The van der Waals surface area contributed by atoms with Crippen LogP contribution < -0.4 is 5.32 Å². The summed E-state index contributed by atoms with van der Waals surface area (Å²) in [5.41, 5.74) is 0.891. The Labute approximate surface area is 115 Å². The fourth-order valence-corrected chi connectivity index (χ4v) is 2.37. The van der Waals surface area contributed by atoms with Crippen LogP contribution in [0.5, 0.6) is 0 Å². The monoisotopic (exact) mass is 283 g/mol. The first-order valence-electron chi connectivity index (χ1n) is 6.35. The predicted molar refractivity (Wildman–Crippen MR) is 78.3 cm³/mol. The summed E-state index contributed by atoms with van der Waals surface area (Å²) in [6.45, 7) is 7.24. The first-order chi connectivity index (χ1) is 9.10. The molecule has 0 amide bonds. The van der Waals surface area contributed by atoms with Crippen LogP contribution in [0.1, 0.15) is 13.3 Å². The molecule has 1 aromatic carbocycles. The van der Waals surface area contributed by atoms with Crippen molar-refractivity contribution in [2.75, 3.05) is 30.8 Å². The van der Waals surface area contributed by atoms with Crippen molar-refractivity contribution in [3.8, 4) is 0 Å². The van der Waals surface area contributed by atoms with E-state index in [-0.39, 0.29) is 5.75 Å². The van der Waals surface area contributed by atoms with E-state index >= 15 is 0 Å². The lowest BCUT2D eigenvalue weighted by atomic mass is 10.3. The lowest BCUT2D eigenvalue weighted by Crippen LogP contribution is -2.10. The number of sulfone groups is 1. The molecule has 1 N–H and O–H groups in total. The van der Waals surface area contributed by atoms with Crippen LogP contribution in [0.3, 0.4) is 0 Å². The molecule has 0 unspecified atom stereocenters. The fourth-order valence-electron chi connectivity index (χ4n) is 1.48. The Morgan fingerprint density at radius 1 is 1.26 bits per heavy atom. The summed E-state index contributed by atoms with van der Waals surface area (Å²) in [5.74, 6) is 0.122. The number of rotatable bonds is 9. The third-order valence-corrected chi connectivity index (χ3v) is 4.39. The van der Waals surface area contributed by atoms with E-state index in [1.54, 1.807) is 31.2 Å². The summed E-state index contributed by atoms with van der Waals surface area (Å²) in [6.07, 6.45) is 2.67. The van der Waals surface area contributed by atoms with Crippen molar-refractivity contribution >= 4 is 15.5 Å². The van der Waals surface area contributed by atoms with E-state index in [0.29, 0.717) is 24.7 Å². The molecule has 106 valence electrons. The molecule has 0 aromatic heterocycles. The number of anilines is 1. The summed E-state index contributed by atoms with van der Waals surface area (Å²) in [6, 6.07) is 6.79. The molecule has 0 aliphatic carbocycles. The summed E-state index contributed by atoms with van der Waals surface area (Å²) >= 11 is 0. The number of hydrogen-bond acceptors (Lipinski definition) is 4. The fraction of sp³-hybridized carbons (Fsp3) is 0.429.